The van der Waals surface area contributed by atoms with Gasteiger partial charge in [-0.25, -0.2) is 4.98 Å². The van der Waals surface area contributed by atoms with E-state index in [0.29, 0.717) is 5.54 Å². The fraction of sp³-hybridized carbons (Fsp3) is 0.615. The summed E-state index contributed by atoms with van der Waals surface area (Å²) in [5.41, 5.74) is 1.47. The van der Waals surface area contributed by atoms with Gasteiger partial charge in [0.25, 0.3) is 0 Å². The molecule has 0 amide bonds. The van der Waals surface area contributed by atoms with Crippen LogP contribution in [0.4, 0.5) is 11.5 Å². The molecular weight excluding hydrogens is 198 g/mol. The van der Waals surface area contributed by atoms with Gasteiger partial charge in [-0.3, -0.25) is 0 Å². The highest BCUT2D eigenvalue weighted by Gasteiger charge is 2.33. The van der Waals surface area contributed by atoms with E-state index in [2.05, 4.69) is 21.7 Å². The van der Waals surface area contributed by atoms with Crippen LogP contribution < -0.4 is 10.6 Å². The van der Waals surface area contributed by atoms with Crippen molar-refractivity contribution in [3.8, 4) is 0 Å². The van der Waals surface area contributed by atoms with E-state index < -0.39 is 0 Å². The van der Waals surface area contributed by atoms with Crippen LogP contribution in [0.1, 0.15) is 38.5 Å². The normalized spacial score (nSPS) is 22.8. The van der Waals surface area contributed by atoms with Gasteiger partial charge in [-0.2, -0.15) is 0 Å². The number of pyridine rings is 1. The summed E-state index contributed by atoms with van der Waals surface area (Å²) in [5, 5.41) is 7.17. The summed E-state index contributed by atoms with van der Waals surface area (Å²) in [6.07, 6.45) is 9.78. The van der Waals surface area contributed by atoms with Gasteiger partial charge >= 0.3 is 0 Å². The van der Waals surface area contributed by atoms with Gasteiger partial charge in [0.2, 0.25) is 0 Å². The Labute approximate surface area is 96.7 Å². The van der Waals surface area contributed by atoms with Crippen LogP contribution in [0.3, 0.4) is 0 Å². The van der Waals surface area contributed by atoms with Gasteiger partial charge < -0.3 is 10.6 Å². The maximum Gasteiger partial charge on any atom is 0.149 e. The molecule has 0 saturated heterocycles. The van der Waals surface area contributed by atoms with Gasteiger partial charge in [-0.1, -0.05) is 19.3 Å². The first-order valence-electron chi connectivity index (χ1n) is 6.35. The molecule has 0 unspecified atom stereocenters. The molecule has 1 aromatic heterocycles. The van der Waals surface area contributed by atoms with E-state index in [1.807, 2.05) is 12.3 Å². The van der Waals surface area contributed by atoms with E-state index in [0.717, 1.165) is 18.1 Å². The van der Waals surface area contributed by atoms with E-state index in [1.54, 1.807) is 0 Å². The van der Waals surface area contributed by atoms with Crippen molar-refractivity contribution in [1.82, 2.24) is 4.98 Å². The smallest absolute Gasteiger partial charge is 0.149 e. The third-order valence-corrected chi connectivity index (χ3v) is 3.92. The molecule has 2 N–H and O–H groups in total. The standard InChI is InChI=1S/C13H19N3/c1-2-6-13(7-3-1)8-10-14-11-5-4-9-15-12(11)16-13/h4-5,9,14H,1-3,6-8,10H2,(H,15,16). The van der Waals surface area contributed by atoms with Crippen molar-refractivity contribution >= 4 is 11.5 Å². The van der Waals surface area contributed by atoms with Crippen LogP contribution in [-0.4, -0.2) is 17.1 Å². The Bertz CT molecular complexity index is 369. The predicted octanol–water partition coefficient (Wildman–Crippen LogP) is 3.01. The third-order valence-electron chi connectivity index (χ3n) is 3.92. The molecule has 86 valence electrons. The highest BCUT2D eigenvalue weighted by molar-refractivity contribution is 5.65. The second-order valence-electron chi connectivity index (χ2n) is 5.04. The second kappa shape index (κ2) is 3.96. The summed E-state index contributed by atoms with van der Waals surface area (Å²) in [4.78, 5) is 4.46. The Morgan fingerprint density at radius 1 is 1.12 bits per heavy atom. The minimum Gasteiger partial charge on any atom is -0.382 e. The zero-order valence-electron chi connectivity index (χ0n) is 9.63. The molecule has 2 heterocycles. The lowest BCUT2D eigenvalue weighted by Crippen LogP contribution is -2.40. The Balaban J connectivity index is 1.89. The average molecular weight is 217 g/mol. The number of anilines is 2. The van der Waals surface area contributed by atoms with E-state index >= 15 is 0 Å². The molecule has 16 heavy (non-hydrogen) atoms. The van der Waals surface area contributed by atoms with E-state index in [4.69, 9.17) is 0 Å². The van der Waals surface area contributed by atoms with Crippen LogP contribution >= 0.6 is 0 Å². The summed E-state index contributed by atoms with van der Waals surface area (Å²) >= 11 is 0. The topological polar surface area (TPSA) is 37.0 Å². The highest BCUT2D eigenvalue weighted by Crippen LogP contribution is 2.37. The molecule has 3 heteroatoms. The van der Waals surface area contributed by atoms with Gasteiger partial charge in [-0.05, 0) is 31.4 Å². The van der Waals surface area contributed by atoms with Gasteiger partial charge in [-0.15, -0.1) is 0 Å². The number of aromatic nitrogens is 1. The van der Waals surface area contributed by atoms with Crippen LogP contribution in [0, 0.1) is 0 Å². The molecule has 3 nitrogen and oxygen atoms in total. The fourth-order valence-corrected chi connectivity index (χ4v) is 3.00. The zero-order valence-corrected chi connectivity index (χ0v) is 9.63. The highest BCUT2D eigenvalue weighted by atomic mass is 15.1. The van der Waals surface area contributed by atoms with Crippen LogP contribution in [0.5, 0.6) is 0 Å². The SMILES string of the molecule is c1cnc2c(c1)NCCC1(CCCCC1)N2. The minimum atomic E-state index is 0.310. The molecule has 1 saturated carbocycles. The molecule has 0 radical (unpaired) electrons. The molecule has 3 rings (SSSR count). The maximum absolute atomic E-state index is 4.46. The summed E-state index contributed by atoms with van der Waals surface area (Å²) in [6, 6.07) is 4.10. The van der Waals surface area contributed by atoms with Crippen LogP contribution in [0.25, 0.3) is 0 Å². The molecule has 1 aromatic rings. The Morgan fingerprint density at radius 2 is 2.00 bits per heavy atom. The van der Waals surface area contributed by atoms with Crippen LogP contribution in [-0.2, 0) is 0 Å². The molecular formula is C13H19N3. The van der Waals surface area contributed by atoms with Crippen molar-refractivity contribution in [2.45, 2.75) is 44.1 Å². The quantitative estimate of drug-likeness (QED) is 0.701. The fourth-order valence-electron chi connectivity index (χ4n) is 3.00. The van der Waals surface area contributed by atoms with E-state index in [-0.39, 0.29) is 0 Å². The van der Waals surface area contributed by atoms with Crippen LogP contribution in [0.2, 0.25) is 0 Å². The summed E-state index contributed by atoms with van der Waals surface area (Å²) in [5.74, 6) is 1.04. The van der Waals surface area contributed by atoms with Crippen LogP contribution in [0.15, 0.2) is 18.3 Å². The minimum absolute atomic E-state index is 0.310. The van der Waals surface area contributed by atoms with E-state index in [9.17, 15) is 0 Å². The lowest BCUT2D eigenvalue weighted by molar-refractivity contribution is 0.312. The number of fused-ring (bicyclic) bond motifs is 1. The van der Waals surface area contributed by atoms with Crippen molar-refractivity contribution in [3.63, 3.8) is 0 Å². The average Bonchev–Trinajstić information content (AvgIpc) is 2.49. The van der Waals surface area contributed by atoms with Gasteiger partial charge in [0.1, 0.15) is 5.82 Å². The van der Waals surface area contributed by atoms with Crippen molar-refractivity contribution in [1.29, 1.82) is 0 Å². The third kappa shape index (κ3) is 1.75. The number of nitrogens with zero attached hydrogens (tertiary/aromatic N) is 1. The zero-order chi connectivity index (χ0) is 10.8. The van der Waals surface area contributed by atoms with Crippen molar-refractivity contribution in [2.75, 3.05) is 17.2 Å². The Hall–Kier alpha value is -1.25. The Kier molecular flexibility index (Phi) is 2.46. The first kappa shape index (κ1) is 9.94. The molecule has 1 aliphatic carbocycles. The molecule has 0 aromatic carbocycles. The van der Waals surface area contributed by atoms with Gasteiger partial charge in [0.05, 0.1) is 5.69 Å². The first-order valence-corrected chi connectivity index (χ1v) is 6.35. The molecule has 1 fully saturated rings. The molecule has 1 aliphatic heterocycles. The summed E-state index contributed by atoms with van der Waals surface area (Å²) in [7, 11) is 0. The molecule has 2 aliphatic rings. The van der Waals surface area contributed by atoms with Crippen molar-refractivity contribution in [3.05, 3.63) is 18.3 Å². The number of hydrogen-bond donors (Lipinski definition) is 2. The molecule has 0 atom stereocenters. The largest absolute Gasteiger partial charge is 0.382 e. The second-order valence-corrected chi connectivity index (χ2v) is 5.04. The number of nitrogens with one attached hydrogen (secondary N) is 2. The van der Waals surface area contributed by atoms with Gasteiger partial charge in [0, 0.05) is 18.3 Å². The van der Waals surface area contributed by atoms with E-state index in [1.165, 1.54) is 38.5 Å². The first-order chi connectivity index (χ1) is 7.88. The van der Waals surface area contributed by atoms with Crippen molar-refractivity contribution < 1.29 is 0 Å². The monoisotopic (exact) mass is 217 g/mol. The predicted molar refractivity (Wildman–Crippen MR) is 66.8 cm³/mol. The molecule has 1 spiro atoms. The lowest BCUT2D eigenvalue weighted by atomic mass is 9.79. The maximum atomic E-state index is 4.46. The summed E-state index contributed by atoms with van der Waals surface area (Å²) in [6.45, 7) is 1.06. The van der Waals surface area contributed by atoms with Gasteiger partial charge in [0.15, 0.2) is 0 Å². The van der Waals surface area contributed by atoms with Crippen molar-refractivity contribution in [2.24, 2.45) is 0 Å². The Morgan fingerprint density at radius 3 is 2.88 bits per heavy atom. The number of rotatable bonds is 0. The molecule has 0 bridgehead atoms. The lowest BCUT2D eigenvalue weighted by Gasteiger charge is -2.37. The summed E-state index contributed by atoms with van der Waals surface area (Å²) < 4.78 is 0. The number of hydrogen-bond acceptors (Lipinski definition) is 3.